The molecule has 1 heterocycles. The first kappa shape index (κ1) is 25.0. The Morgan fingerprint density at radius 1 is 0.714 bits per heavy atom. The first-order chi connectivity index (χ1) is 16.6. The van der Waals surface area contributed by atoms with Gasteiger partial charge in [-0.15, -0.1) is 0 Å². The number of para-hydroxylation sites is 1. The van der Waals surface area contributed by atoms with Gasteiger partial charge in [0.25, 0.3) is 0 Å². The molecule has 4 aromatic rings. The lowest BCUT2D eigenvalue weighted by atomic mass is 9.73. The molecule has 0 unspecified atom stereocenters. The van der Waals surface area contributed by atoms with E-state index in [0.717, 1.165) is 5.82 Å². The smallest absolute Gasteiger partial charge is 0.144 e. The lowest BCUT2D eigenvalue weighted by Gasteiger charge is -2.32. The Morgan fingerprint density at radius 3 is 1.91 bits per heavy atom. The van der Waals surface area contributed by atoms with Crippen LogP contribution >= 0.6 is 0 Å². The van der Waals surface area contributed by atoms with Crippen molar-refractivity contribution in [3.8, 4) is 28.2 Å². The van der Waals surface area contributed by atoms with E-state index in [0.29, 0.717) is 17.8 Å². The Bertz CT molecular complexity index is 1260. The Balaban J connectivity index is 2.03. The van der Waals surface area contributed by atoms with Gasteiger partial charge in [0.05, 0.1) is 5.69 Å². The Kier molecular flexibility index (Phi) is 7.03. The van der Waals surface area contributed by atoms with Gasteiger partial charge in [0, 0.05) is 18.0 Å². The molecule has 0 aliphatic carbocycles. The van der Waals surface area contributed by atoms with Crippen molar-refractivity contribution in [1.82, 2.24) is 9.55 Å². The number of imidazole rings is 1. The van der Waals surface area contributed by atoms with Crippen LogP contribution in [0.2, 0.25) is 0 Å². The molecule has 0 N–H and O–H groups in total. The monoisotopic (exact) mass is 464 g/mol. The van der Waals surface area contributed by atoms with Crippen LogP contribution in [0.15, 0.2) is 79.1 Å². The van der Waals surface area contributed by atoms with Gasteiger partial charge in [-0.05, 0) is 57.1 Å². The third kappa shape index (κ3) is 4.72. The van der Waals surface area contributed by atoms with Gasteiger partial charge in [0.15, 0.2) is 0 Å². The van der Waals surface area contributed by atoms with Gasteiger partial charge in [-0.25, -0.2) is 4.98 Å². The average Bonchev–Trinajstić information content (AvgIpc) is 3.33. The lowest BCUT2D eigenvalue weighted by molar-refractivity contribution is 0.373. The van der Waals surface area contributed by atoms with Crippen LogP contribution < -0.4 is 0 Å². The summed E-state index contributed by atoms with van der Waals surface area (Å²) in [6.45, 7) is 18.5. The zero-order valence-electron chi connectivity index (χ0n) is 22.6. The molecule has 4 rings (SSSR count). The number of hydrogen-bond donors (Lipinski definition) is 0. The number of aromatic nitrogens is 2. The SMILES string of the molecule is CC(C)c1cccc(C(C)C)c1-n1ccnc1-c1cc(-c2ccccc2)ccc1C(C)(C)C(C)C. The fourth-order valence-corrected chi connectivity index (χ4v) is 4.89. The van der Waals surface area contributed by atoms with Crippen molar-refractivity contribution in [2.75, 3.05) is 0 Å². The van der Waals surface area contributed by atoms with E-state index in [-0.39, 0.29) is 5.41 Å². The molecule has 182 valence electrons. The number of hydrogen-bond acceptors (Lipinski definition) is 1. The average molecular weight is 465 g/mol. The van der Waals surface area contributed by atoms with Crippen LogP contribution in [-0.2, 0) is 5.41 Å². The first-order valence-electron chi connectivity index (χ1n) is 13.0. The largest absolute Gasteiger partial charge is 0.299 e. The maximum atomic E-state index is 4.99. The zero-order chi connectivity index (χ0) is 25.3. The summed E-state index contributed by atoms with van der Waals surface area (Å²) in [7, 11) is 0. The topological polar surface area (TPSA) is 17.8 Å². The first-order valence-corrected chi connectivity index (χ1v) is 13.0. The summed E-state index contributed by atoms with van der Waals surface area (Å²) in [5.74, 6) is 2.34. The molecule has 0 bridgehead atoms. The van der Waals surface area contributed by atoms with Gasteiger partial charge in [-0.3, -0.25) is 4.57 Å². The van der Waals surface area contributed by atoms with Crippen LogP contribution in [0.25, 0.3) is 28.2 Å². The second kappa shape index (κ2) is 9.85. The van der Waals surface area contributed by atoms with Gasteiger partial charge in [0.2, 0.25) is 0 Å². The molecule has 0 aliphatic heterocycles. The van der Waals surface area contributed by atoms with Crippen molar-refractivity contribution < 1.29 is 0 Å². The summed E-state index contributed by atoms with van der Waals surface area (Å²) < 4.78 is 2.34. The van der Waals surface area contributed by atoms with Crippen molar-refractivity contribution in [3.05, 3.63) is 95.8 Å². The molecule has 0 saturated carbocycles. The van der Waals surface area contributed by atoms with Crippen molar-refractivity contribution >= 4 is 0 Å². The van der Waals surface area contributed by atoms with E-state index in [4.69, 9.17) is 4.98 Å². The summed E-state index contributed by atoms with van der Waals surface area (Å²) in [5.41, 5.74) is 9.00. The Labute approximate surface area is 212 Å². The van der Waals surface area contributed by atoms with Gasteiger partial charge in [-0.2, -0.15) is 0 Å². The predicted molar refractivity (Wildman–Crippen MR) is 150 cm³/mol. The minimum absolute atomic E-state index is 0.000223. The molecule has 3 aromatic carbocycles. The van der Waals surface area contributed by atoms with Crippen molar-refractivity contribution in [2.45, 2.75) is 72.6 Å². The fourth-order valence-electron chi connectivity index (χ4n) is 4.89. The van der Waals surface area contributed by atoms with Gasteiger partial charge < -0.3 is 0 Å². The Hall–Kier alpha value is -3.13. The molecule has 0 spiro atoms. The molecule has 0 radical (unpaired) electrons. The molecular weight excluding hydrogens is 424 g/mol. The summed E-state index contributed by atoms with van der Waals surface area (Å²) in [4.78, 5) is 4.99. The Morgan fingerprint density at radius 2 is 1.34 bits per heavy atom. The van der Waals surface area contributed by atoms with Gasteiger partial charge in [0.1, 0.15) is 5.82 Å². The van der Waals surface area contributed by atoms with Crippen LogP contribution in [0.1, 0.15) is 83.9 Å². The minimum atomic E-state index is -0.000223. The fraction of sp³-hybridized carbons (Fsp3) is 0.364. The zero-order valence-corrected chi connectivity index (χ0v) is 22.6. The highest BCUT2D eigenvalue weighted by Gasteiger charge is 2.30. The summed E-state index contributed by atoms with van der Waals surface area (Å²) in [5, 5.41) is 0. The molecular formula is C33H40N2. The lowest BCUT2D eigenvalue weighted by Crippen LogP contribution is -2.25. The normalized spacial score (nSPS) is 12.2. The van der Waals surface area contributed by atoms with Gasteiger partial charge in [-0.1, -0.05) is 116 Å². The molecule has 0 amide bonds. The number of rotatable bonds is 7. The minimum Gasteiger partial charge on any atom is -0.299 e. The summed E-state index contributed by atoms with van der Waals surface area (Å²) in [6, 6.07) is 24.4. The quantitative estimate of drug-likeness (QED) is 0.266. The molecule has 0 atom stereocenters. The van der Waals surface area contributed by atoms with Crippen LogP contribution in [0.5, 0.6) is 0 Å². The predicted octanol–water partition coefficient (Wildman–Crippen LogP) is 9.39. The van der Waals surface area contributed by atoms with E-state index in [9.17, 15) is 0 Å². The van der Waals surface area contributed by atoms with E-state index in [1.165, 1.54) is 39.1 Å². The third-order valence-electron chi connectivity index (χ3n) is 7.73. The third-order valence-corrected chi connectivity index (χ3v) is 7.73. The van der Waals surface area contributed by atoms with Crippen LogP contribution in [0.3, 0.4) is 0 Å². The van der Waals surface area contributed by atoms with E-state index in [1.807, 2.05) is 6.20 Å². The highest BCUT2D eigenvalue weighted by Crippen LogP contribution is 2.41. The van der Waals surface area contributed by atoms with Crippen LogP contribution in [-0.4, -0.2) is 9.55 Å². The molecule has 2 nitrogen and oxygen atoms in total. The molecule has 35 heavy (non-hydrogen) atoms. The maximum Gasteiger partial charge on any atom is 0.144 e. The summed E-state index contributed by atoms with van der Waals surface area (Å²) >= 11 is 0. The molecule has 2 heteroatoms. The standard InChI is InChI=1S/C33H40N2/c1-22(2)27-15-12-16-28(23(3)4)31(27)35-20-19-34-32(35)29-21-26(25-13-10-9-11-14-25)17-18-30(29)33(7,8)24(5)6/h9-24H,1-8H3. The molecule has 1 aromatic heterocycles. The molecule has 0 fully saturated rings. The van der Waals surface area contributed by atoms with E-state index >= 15 is 0 Å². The second-order valence-electron chi connectivity index (χ2n) is 11.2. The van der Waals surface area contributed by atoms with Crippen LogP contribution in [0.4, 0.5) is 0 Å². The van der Waals surface area contributed by atoms with E-state index < -0.39 is 0 Å². The van der Waals surface area contributed by atoms with Crippen molar-refractivity contribution in [2.24, 2.45) is 5.92 Å². The molecule has 0 aliphatic rings. The summed E-state index contributed by atoms with van der Waals surface area (Å²) in [6.07, 6.45) is 4.10. The van der Waals surface area contributed by atoms with E-state index in [1.54, 1.807) is 0 Å². The highest BCUT2D eigenvalue weighted by atomic mass is 15.1. The maximum absolute atomic E-state index is 4.99. The molecule has 0 saturated heterocycles. The highest BCUT2D eigenvalue weighted by molar-refractivity contribution is 5.75. The van der Waals surface area contributed by atoms with Crippen LogP contribution in [0, 0.1) is 5.92 Å². The van der Waals surface area contributed by atoms with E-state index in [2.05, 4.69) is 133 Å². The number of nitrogens with zero attached hydrogens (tertiary/aromatic N) is 2. The van der Waals surface area contributed by atoms with Crippen molar-refractivity contribution in [1.29, 1.82) is 0 Å². The second-order valence-corrected chi connectivity index (χ2v) is 11.2. The number of benzene rings is 3. The van der Waals surface area contributed by atoms with Crippen molar-refractivity contribution in [3.63, 3.8) is 0 Å². The van der Waals surface area contributed by atoms with Gasteiger partial charge >= 0.3 is 0 Å².